The molecule has 0 bridgehead atoms. The lowest BCUT2D eigenvalue weighted by Crippen LogP contribution is -2.29. The number of nitrogens with zero attached hydrogens (tertiary/aromatic N) is 2. The third-order valence-electron chi connectivity index (χ3n) is 3.80. The van der Waals surface area contributed by atoms with E-state index in [9.17, 15) is 4.79 Å². The summed E-state index contributed by atoms with van der Waals surface area (Å²) < 4.78 is 2.11. The summed E-state index contributed by atoms with van der Waals surface area (Å²) in [6, 6.07) is 10.0. The number of aromatic nitrogens is 1. The van der Waals surface area contributed by atoms with Crippen LogP contribution in [0, 0.1) is 20.8 Å². The normalized spacial score (nSPS) is 10.7. The first-order valence-corrected chi connectivity index (χ1v) is 7.08. The summed E-state index contributed by atoms with van der Waals surface area (Å²) in [5, 5.41) is 8.98. The Kier molecular flexibility index (Phi) is 4.48. The molecular formula is C17H22N2O2. The first-order valence-electron chi connectivity index (χ1n) is 7.08. The minimum absolute atomic E-state index is 0.0290. The van der Waals surface area contributed by atoms with Crippen molar-refractivity contribution in [1.29, 1.82) is 0 Å². The van der Waals surface area contributed by atoms with Gasteiger partial charge in [0.1, 0.15) is 0 Å². The topological polar surface area (TPSA) is 45.5 Å². The van der Waals surface area contributed by atoms with Gasteiger partial charge in [-0.25, -0.2) is 0 Å². The second-order valence-corrected chi connectivity index (χ2v) is 5.36. The van der Waals surface area contributed by atoms with E-state index in [1.807, 2.05) is 32.0 Å². The summed E-state index contributed by atoms with van der Waals surface area (Å²) in [7, 11) is 1.71. The number of hydrogen-bond acceptors (Lipinski definition) is 2. The summed E-state index contributed by atoms with van der Waals surface area (Å²) in [5.74, 6) is -0.0583. The largest absolute Gasteiger partial charge is 0.395 e. The van der Waals surface area contributed by atoms with Crippen molar-refractivity contribution in [3.63, 3.8) is 0 Å². The molecule has 1 heterocycles. The number of aryl methyl sites for hydroxylation is 2. The van der Waals surface area contributed by atoms with Crippen LogP contribution in [-0.4, -0.2) is 40.7 Å². The molecule has 4 nitrogen and oxygen atoms in total. The molecule has 0 fully saturated rings. The fourth-order valence-corrected chi connectivity index (χ4v) is 2.62. The molecule has 1 aromatic heterocycles. The van der Waals surface area contributed by atoms with Crippen molar-refractivity contribution >= 4 is 5.91 Å². The highest BCUT2D eigenvalue weighted by Gasteiger charge is 2.19. The van der Waals surface area contributed by atoms with E-state index in [0.29, 0.717) is 12.1 Å². The zero-order valence-electron chi connectivity index (χ0n) is 13.1. The number of aliphatic hydroxyl groups excluding tert-OH is 1. The monoisotopic (exact) mass is 286 g/mol. The van der Waals surface area contributed by atoms with Gasteiger partial charge in [-0.15, -0.1) is 0 Å². The molecule has 0 saturated heterocycles. The van der Waals surface area contributed by atoms with E-state index in [2.05, 4.69) is 23.6 Å². The number of para-hydroxylation sites is 1. The van der Waals surface area contributed by atoms with Crippen molar-refractivity contribution in [2.24, 2.45) is 0 Å². The maximum atomic E-state index is 12.4. The number of hydrogen-bond donors (Lipinski definition) is 1. The van der Waals surface area contributed by atoms with Crippen molar-refractivity contribution in [2.45, 2.75) is 20.8 Å². The zero-order valence-corrected chi connectivity index (χ0v) is 13.1. The Balaban J connectivity index is 2.48. The Morgan fingerprint density at radius 1 is 1.24 bits per heavy atom. The molecule has 0 radical (unpaired) electrons. The van der Waals surface area contributed by atoms with Crippen molar-refractivity contribution < 1.29 is 9.90 Å². The Bertz CT molecular complexity index is 659. The zero-order chi connectivity index (χ0) is 15.6. The molecule has 4 heteroatoms. The van der Waals surface area contributed by atoms with Crippen LogP contribution in [-0.2, 0) is 0 Å². The second kappa shape index (κ2) is 6.14. The number of carbonyl (C=O) groups is 1. The summed E-state index contributed by atoms with van der Waals surface area (Å²) in [5.41, 5.74) is 4.91. The van der Waals surface area contributed by atoms with Gasteiger partial charge in [-0.3, -0.25) is 4.79 Å². The van der Waals surface area contributed by atoms with Gasteiger partial charge in [-0.1, -0.05) is 18.2 Å². The fourth-order valence-electron chi connectivity index (χ4n) is 2.62. The number of benzene rings is 1. The van der Waals surface area contributed by atoms with Crippen LogP contribution >= 0.6 is 0 Å². The van der Waals surface area contributed by atoms with E-state index in [1.165, 1.54) is 5.56 Å². The van der Waals surface area contributed by atoms with E-state index in [1.54, 1.807) is 11.9 Å². The van der Waals surface area contributed by atoms with Crippen LogP contribution in [0.15, 0.2) is 30.3 Å². The van der Waals surface area contributed by atoms with Crippen LogP contribution in [0.2, 0.25) is 0 Å². The second-order valence-electron chi connectivity index (χ2n) is 5.36. The lowest BCUT2D eigenvalue weighted by atomic mass is 10.2. The predicted octanol–water partition coefficient (Wildman–Crippen LogP) is 2.47. The van der Waals surface area contributed by atoms with Gasteiger partial charge in [0, 0.05) is 30.7 Å². The number of likely N-dealkylation sites (N-methyl/N-ethyl adjacent to an activating group) is 1. The molecule has 0 aliphatic heterocycles. The SMILES string of the molecule is Cc1ccccc1-n1c(C)cc(C(=O)N(C)CCO)c1C. The third kappa shape index (κ3) is 2.85. The fraction of sp³-hybridized carbons (Fsp3) is 0.353. The van der Waals surface area contributed by atoms with Gasteiger partial charge in [0.15, 0.2) is 0 Å². The highest BCUT2D eigenvalue weighted by Crippen LogP contribution is 2.23. The molecule has 1 aromatic carbocycles. The number of amides is 1. The smallest absolute Gasteiger partial charge is 0.255 e. The van der Waals surface area contributed by atoms with Crippen LogP contribution in [0.25, 0.3) is 5.69 Å². The van der Waals surface area contributed by atoms with Crippen molar-refractivity contribution in [3.05, 3.63) is 52.8 Å². The molecule has 0 aliphatic rings. The molecule has 0 aliphatic carbocycles. The van der Waals surface area contributed by atoms with Gasteiger partial charge in [-0.05, 0) is 38.5 Å². The van der Waals surface area contributed by atoms with Gasteiger partial charge in [0.2, 0.25) is 0 Å². The average Bonchev–Trinajstić information content (AvgIpc) is 2.74. The highest BCUT2D eigenvalue weighted by atomic mass is 16.3. The lowest BCUT2D eigenvalue weighted by molar-refractivity contribution is 0.0766. The molecule has 112 valence electrons. The predicted molar refractivity (Wildman–Crippen MR) is 84.0 cm³/mol. The summed E-state index contributed by atoms with van der Waals surface area (Å²) in [6.07, 6.45) is 0. The number of rotatable bonds is 4. The molecule has 21 heavy (non-hydrogen) atoms. The summed E-state index contributed by atoms with van der Waals surface area (Å²) in [4.78, 5) is 14.0. The van der Waals surface area contributed by atoms with Gasteiger partial charge >= 0.3 is 0 Å². The van der Waals surface area contributed by atoms with E-state index >= 15 is 0 Å². The molecule has 0 saturated carbocycles. The summed E-state index contributed by atoms with van der Waals surface area (Å²) in [6.45, 7) is 6.33. The average molecular weight is 286 g/mol. The Morgan fingerprint density at radius 2 is 1.90 bits per heavy atom. The Labute approximate surface area is 125 Å². The van der Waals surface area contributed by atoms with E-state index in [-0.39, 0.29) is 12.5 Å². The molecule has 2 rings (SSSR count). The molecule has 2 aromatic rings. The van der Waals surface area contributed by atoms with Crippen molar-refractivity contribution in [2.75, 3.05) is 20.2 Å². The first-order chi connectivity index (χ1) is 9.97. The van der Waals surface area contributed by atoms with Crippen LogP contribution in [0.3, 0.4) is 0 Å². The van der Waals surface area contributed by atoms with Crippen LogP contribution < -0.4 is 0 Å². The standard InChI is InChI=1S/C17H22N2O2/c1-12-7-5-6-8-16(12)19-13(2)11-15(14(19)3)17(21)18(4)9-10-20/h5-8,11,20H,9-10H2,1-4H3. The highest BCUT2D eigenvalue weighted by molar-refractivity contribution is 5.95. The maximum Gasteiger partial charge on any atom is 0.255 e. The Morgan fingerprint density at radius 3 is 2.52 bits per heavy atom. The Hall–Kier alpha value is -2.07. The van der Waals surface area contributed by atoms with Crippen molar-refractivity contribution in [1.82, 2.24) is 9.47 Å². The third-order valence-corrected chi connectivity index (χ3v) is 3.80. The lowest BCUT2D eigenvalue weighted by Gasteiger charge is -2.16. The molecule has 0 unspecified atom stereocenters. The molecular weight excluding hydrogens is 264 g/mol. The van der Waals surface area contributed by atoms with Gasteiger partial charge < -0.3 is 14.6 Å². The number of carbonyl (C=O) groups excluding carboxylic acids is 1. The molecule has 0 spiro atoms. The van der Waals surface area contributed by atoms with Crippen LogP contribution in [0.5, 0.6) is 0 Å². The summed E-state index contributed by atoms with van der Waals surface area (Å²) >= 11 is 0. The molecule has 1 amide bonds. The molecule has 1 N–H and O–H groups in total. The first kappa shape index (κ1) is 15.3. The van der Waals surface area contributed by atoms with Crippen molar-refractivity contribution in [3.8, 4) is 5.69 Å². The van der Waals surface area contributed by atoms with Crippen LogP contribution in [0.4, 0.5) is 0 Å². The molecule has 0 atom stereocenters. The van der Waals surface area contributed by atoms with E-state index in [4.69, 9.17) is 5.11 Å². The number of aliphatic hydroxyl groups is 1. The van der Waals surface area contributed by atoms with E-state index < -0.39 is 0 Å². The quantitative estimate of drug-likeness (QED) is 0.938. The van der Waals surface area contributed by atoms with Gasteiger partial charge in [0.05, 0.1) is 12.2 Å². The maximum absolute atomic E-state index is 12.4. The minimum atomic E-state index is -0.0583. The minimum Gasteiger partial charge on any atom is -0.395 e. The van der Waals surface area contributed by atoms with Gasteiger partial charge in [0.25, 0.3) is 5.91 Å². The van der Waals surface area contributed by atoms with Crippen LogP contribution in [0.1, 0.15) is 27.3 Å². The van der Waals surface area contributed by atoms with Gasteiger partial charge in [-0.2, -0.15) is 0 Å². The van der Waals surface area contributed by atoms with E-state index in [0.717, 1.165) is 17.1 Å².